The highest BCUT2D eigenvalue weighted by atomic mass is 32.2. The average molecular weight is 436 g/mol. The Kier molecular flexibility index (Phi) is 7.79. The molecule has 30 heavy (non-hydrogen) atoms. The smallest absolute Gasteiger partial charge is 0.338 e. The van der Waals surface area contributed by atoms with Crippen molar-refractivity contribution in [2.45, 2.75) is 24.8 Å². The Bertz CT molecular complexity index is 1000. The van der Waals surface area contributed by atoms with Crippen LogP contribution in [0.25, 0.3) is 0 Å². The van der Waals surface area contributed by atoms with Crippen LogP contribution in [0, 0.1) is 0 Å². The fraction of sp³-hybridized carbons (Fsp3) is 0.300. The van der Waals surface area contributed by atoms with Gasteiger partial charge in [-0.05, 0) is 50.2 Å². The maximum absolute atomic E-state index is 12.6. The number of hydrogen-bond donors (Lipinski definition) is 2. The number of amides is 1. The van der Waals surface area contributed by atoms with E-state index in [1.165, 1.54) is 63.6 Å². The summed E-state index contributed by atoms with van der Waals surface area (Å²) in [7, 11) is -1.15. The molecule has 162 valence electrons. The van der Waals surface area contributed by atoms with Gasteiger partial charge in [0.05, 0.1) is 37.3 Å². The van der Waals surface area contributed by atoms with E-state index in [0.717, 1.165) is 0 Å². The number of rotatable bonds is 9. The Labute approximate surface area is 175 Å². The van der Waals surface area contributed by atoms with Crippen LogP contribution >= 0.6 is 0 Å². The highest BCUT2D eigenvalue weighted by Crippen LogP contribution is 2.29. The summed E-state index contributed by atoms with van der Waals surface area (Å²) in [5, 5.41) is 2.59. The molecule has 2 rings (SSSR count). The number of esters is 1. The van der Waals surface area contributed by atoms with Crippen LogP contribution < -0.4 is 19.5 Å². The SMILES string of the molecule is CCOC(=O)c1ccc(NC(=O)C(C)NS(=O)(=O)c2ccc(OC)c(OC)c2)cc1. The van der Waals surface area contributed by atoms with Crippen molar-refractivity contribution in [2.24, 2.45) is 0 Å². The number of methoxy groups -OCH3 is 2. The molecule has 10 heteroatoms. The van der Waals surface area contributed by atoms with Crippen molar-refractivity contribution in [3.05, 3.63) is 48.0 Å². The number of carbonyl (C=O) groups excluding carboxylic acids is 2. The lowest BCUT2D eigenvalue weighted by atomic mass is 10.2. The van der Waals surface area contributed by atoms with Gasteiger partial charge in [-0.25, -0.2) is 13.2 Å². The van der Waals surface area contributed by atoms with Crippen LogP contribution in [0.3, 0.4) is 0 Å². The van der Waals surface area contributed by atoms with Gasteiger partial charge in [0.1, 0.15) is 0 Å². The van der Waals surface area contributed by atoms with Gasteiger partial charge >= 0.3 is 5.97 Å². The molecule has 0 heterocycles. The van der Waals surface area contributed by atoms with E-state index in [-0.39, 0.29) is 17.3 Å². The molecule has 1 unspecified atom stereocenters. The van der Waals surface area contributed by atoms with Crippen LogP contribution in [0.4, 0.5) is 5.69 Å². The van der Waals surface area contributed by atoms with Gasteiger partial charge in [0.15, 0.2) is 11.5 Å². The summed E-state index contributed by atoms with van der Waals surface area (Å²) in [6, 6.07) is 9.12. The predicted molar refractivity (Wildman–Crippen MR) is 110 cm³/mol. The first-order chi connectivity index (χ1) is 14.2. The van der Waals surface area contributed by atoms with Crippen molar-refractivity contribution >= 4 is 27.6 Å². The van der Waals surface area contributed by atoms with E-state index < -0.39 is 27.9 Å². The Morgan fingerprint density at radius 3 is 2.20 bits per heavy atom. The summed E-state index contributed by atoms with van der Waals surface area (Å²) in [5.74, 6) is -0.401. The monoisotopic (exact) mass is 436 g/mol. The lowest BCUT2D eigenvalue weighted by Crippen LogP contribution is -2.41. The van der Waals surface area contributed by atoms with Crippen molar-refractivity contribution in [3.8, 4) is 11.5 Å². The van der Waals surface area contributed by atoms with Crippen molar-refractivity contribution < 1.29 is 32.2 Å². The largest absolute Gasteiger partial charge is 0.493 e. The van der Waals surface area contributed by atoms with Crippen LogP contribution in [0.5, 0.6) is 11.5 Å². The maximum Gasteiger partial charge on any atom is 0.338 e. The van der Waals surface area contributed by atoms with E-state index >= 15 is 0 Å². The van der Waals surface area contributed by atoms with Gasteiger partial charge in [0.25, 0.3) is 0 Å². The molecule has 2 aromatic carbocycles. The third-order valence-electron chi connectivity index (χ3n) is 4.05. The number of carbonyl (C=O) groups is 2. The van der Waals surface area contributed by atoms with Gasteiger partial charge in [-0.15, -0.1) is 0 Å². The second-order valence-electron chi connectivity index (χ2n) is 6.15. The fourth-order valence-electron chi connectivity index (χ4n) is 2.49. The number of nitrogens with one attached hydrogen (secondary N) is 2. The van der Waals surface area contributed by atoms with Crippen molar-refractivity contribution in [2.75, 3.05) is 26.1 Å². The van der Waals surface area contributed by atoms with E-state index in [1.54, 1.807) is 6.92 Å². The number of sulfonamides is 1. The third-order valence-corrected chi connectivity index (χ3v) is 5.59. The molecule has 0 aliphatic heterocycles. The quantitative estimate of drug-likeness (QED) is 0.578. The molecule has 0 bridgehead atoms. The summed E-state index contributed by atoms with van der Waals surface area (Å²) in [5.41, 5.74) is 0.752. The van der Waals surface area contributed by atoms with Crippen LogP contribution in [-0.4, -0.2) is 47.2 Å². The topological polar surface area (TPSA) is 120 Å². The summed E-state index contributed by atoms with van der Waals surface area (Å²) >= 11 is 0. The minimum Gasteiger partial charge on any atom is -0.493 e. The molecule has 1 atom stereocenters. The zero-order valence-electron chi connectivity index (χ0n) is 17.1. The van der Waals surface area contributed by atoms with Crippen molar-refractivity contribution in [3.63, 3.8) is 0 Å². The molecule has 0 radical (unpaired) electrons. The standard InChI is InChI=1S/C20H24N2O7S/c1-5-29-20(24)14-6-8-15(9-7-14)21-19(23)13(2)22-30(25,26)16-10-11-17(27-3)18(12-16)28-4/h6-13,22H,5H2,1-4H3,(H,21,23). The van der Waals surface area contributed by atoms with E-state index in [9.17, 15) is 18.0 Å². The molecule has 0 aliphatic carbocycles. The molecular weight excluding hydrogens is 412 g/mol. The van der Waals surface area contributed by atoms with E-state index in [2.05, 4.69) is 10.0 Å². The van der Waals surface area contributed by atoms with Gasteiger partial charge in [0, 0.05) is 11.8 Å². The minimum atomic E-state index is -3.99. The van der Waals surface area contributed by atoms with E-state index in [1.807, 2.05) is 0 Å². The maximum atomic E-state index is 12.6. The molecule has 2 aromatic rings. The van der Waals surface area contributed by atoms with Gasteiger partial charge in [-0.1, -0.05) is 0 Å². The minimum absolute atomic E-state index is 0.0708. The second-order valence-corrected chi connectivity index (χ2v) is 7.86. The molecular formula is C20H24N2O7S. The first-order valence-electron chi connectivity index (χ1n) is 9.04. The second kappa shape index (κ2) is 10.1. The first-order valence-corrected chi connectivity index (χ1v) is 10.5. The number of hydrogen-bond acceptors (Lipinski definition) is 7. The van der Waals surface area contributed by atoms with Crippen molar-refractivity contribution in [1.82, 2.24) is 4.72 Å². The zero-order chi connectivity index (χ0) is 22.3. The molecule has 0 spiro atoms. The Morgan fingerprint density at radius 1 is 1.00 bits per heavy atom. The summed E-state index contributed by atoms with van der Waals surface area (Å²) in [6.07, 6.45) is 0. The molecule has 2 N–H and O–H groups in total. The number of anilines is 1. The Balaban J connectivity index is 2.06. The highest BCUT2D eigenvalue weighted by Gasteiger charge is 2.23. The number of ether oxygens (including phenoxy) is 3. The Morgan fingerprint density at radius 2 is 1.63 bits per heavy atom. The van der Waals surface area contributed by atoms with Gasteiger partial charge in [-0.3, -0.25) is 4.79 Å². The number of benzene rings is 2. The van der Waals surface area contributed by atoms with E-state index in [0.29, 0.717) is 17.0 Å². The molecule has 0 fully saturated rings. The third kappa shape index (κ3) is 5.71. The first kappa shape index (κ1) is 23.2. The summed E-state index contributed by atoms with van der Waals surface area (Å²) in [6.45, 7) is 3.38. The summed E-state index contributed by atoms with van der Waals surface area (Å²) < 4.78 is 42.6. The van der Waals surface area contributed by atoms with Crippen LogP contribution in [-0.2, 0) is 19.6 Å². The molecule has 0 aliphatic rings. The lowest BCUT2D eigenvalue weighted by Gasteiger charge is -2.16. The van der Waals surface area contributed by atoms with E-state index in [4.69, 9.17) is 14.2 Å². The zero-order valence-corrected chi connectivity index (χ0v) is 17.9. The van der Waals surface area contributed by atoms with Gasteiger partial charge in [0.2, 0.25) is 15.9 Å². The van der Waals surface area contributed by atoms with Crippen molar-refractivity contribution in [1.29, 1.82) is 0 Å². The Hall–Kier alpha value is -3.11. The van der Waals surface area contributed by atoms with Gasteiger partial charge in [-0.2, -0.15) is 4.72 Å². The van der Waals surface area contributed by atoms with Crippen LogP contribution in [0.2, 0.25) is 0 Å². The van der Waals surface area contributed by atoms with Crippen LogP contribution in [0.1, 0.15) is 24.2 Å². The fourth-order valence-corrected chi connectivity index (χ4v) is 3.71. The predicted octanol–water partition coefficient (Wildman–Crippen LogP) is 2.19. The lowest BCUT2D eigenvalue weighted by molar-refractivity contribution is -0.117. The molecule has 0 saturated heterocycles. The van der Waals surface area contributed by atoms with Gasteiger partial charge < -0.3 is 19.5 Å². The average Bonchev–Trinajstić information content (AvgIpc) is 2.73. The molecule has 0 aromatic heterocycles. The summed E-state index contributed by atoms with van der Waals surface area (Å²) in [4.78, 5) is 24.0. The normalized spacial score (nSPS) is 12.0. The highest BCUT2D eigenvalue weighted by molar-refractivity contribution is 7.89. The molecule has 0 saturated carbocycles. The molecule has 9 nitrogen and oxygen atoms in total. The van der Waals surface area contributed by atoms with Crippen LogP contribution in [0.15, 0.2) is 47.4 Å². The molecule has 1 amide bonds.